The maximum absolute atomic E-state index is 10.7. The number of rotatable bonds is 4. The Hall–Kier alpha value is -3.51. The molecule has 6 nitrogen and oxygen atoms in total. The lowest BCUT2D eigenvalue weighted by Gasteiger charge is -2.02. The van der Waals surface area contributed by atoms with E-state index in [9.17, 15) is 10.1 Å². The molecule has 0 atom stereocenters. The van der Waals surface area contributed by atoms with Gasteiger partial charge in [0.25, 0.3) is 5.69 Å². The highest BCUT2D eigenvalue weighted by atomic mass is 35.5. The van der Waals surface area contributed by atoms with E-state index in [1.54, 1.807) is 36.5 Å². The number of nitro groups is 1. The second-order valence-corrected chi connectivity index (χ2v) is 6.68. The van der Waals surface area contributed by atoms with Gasteiger partial charge >= 0.3 is 0 Å². The molecular formula is C21H14ClN3O3. The van der Waals surface area contributed by atoms with E-state index in [0.29, 0.717) is 22.0 Å². The first-order valence-corrected chi connectivity index (χ1v) is 8.83. The van der Waals surface area contributed by atoms with Crippen LogP contribution < -0.4 is 0 Å². The molecule has 0 aliphatic rings. The molecule has 0 aliphatic heterocycles. The second kappa shape index (κ2) is 7.25. The van der Waals surface area contributed by atoms with Crippen molar-refractivity contribution in [3.8, 4) is 11.5 Å². The van der Waals surface area contributed by atoms with E-state index in [0.717, 1.165) is 22.4 Å². The monoisotopic (exact) mass is 391 g/mol. The molecule has 0 amide bonds. The molecule has 1 heterocycles. The van der Waals surface area contributed by atoms with Crippen LogP contribution in [0.2, 0.25) is 5.02 Å². The van der Waals surface area contributed by atoms with Crippen molar-refractivity contribution in [2.75, 3.05) is 0 Å². The molecule has 0 radical (unpaired) electrons. The second-order valence-electron chi connectivity index (χ2n) is 6.24. The molecular weight excluding hydrogens is 378 g/mol. The largest absolute Gasteiger partial charge is 0.436 e. The average molecular weight is 392 g/mol. The van der Waals surface area contributed by atoms with Gasteiger partial charge < -0.3 is 4.42 Å². The van der Waals surface area contributed by atoms with E-state index in [2.05, 4.69) is 9.98 Å². The predicted octanol–water partition coefficient (Wildman–Crippen LogP) is 6.12. The third-order valence-corrected chi connectivity index (χ3v) is 4.50. The third-order valence-electron chi connectivity index (χ3n) is 4.26. The van der Waals surface area contributed by atoms with Crippen molar-refractivity contribution in [3.63, 3.8) is 0 Å². The number of nitrogens with zero attached hydrogens (tertiary/aromatic N) is 3. The first-order valence-electron chi connectivity index (χ1n) is 8.45. The Labute approximate surface area is 165 Å². The number of aryl methyl sites for hydroxylation is 1. The molecule has 0 N–H and O–H groups in total. The van der Waals surface area contributed by atoms with Gasteiger partial charge in [-0.25, -0.2) is 4.98 Å². The van der Waals surface area contributed by atoms with Gasteiger partial charge in [0.2, 0.25) is 5.89 Å². The Morgan fingerprint density at radius 2 is 1.89 bits per heavy atom. The van der Waals surface area contributed by atoms with Gasteiger partial charge in [0.15, 0.2) is 5.58 Å². The number of oxazole rings is 1. The first kappa shape index (κ1) is 17.9. The van der Waals surface area contributed by atoms with E-state index < -0.39 is 4.92 Å². The highest BCUT2D eigenvalue weighted by molar-refractivity contribution is 6.31. The fraction of sp³-hybridized carbons (Fsp3) is 0.0476. The highest BCUT2D eigenvalue weighted by Crippen LogP contribution is 2.30. The Bertz CT molecular complexity index is 1210. The molecule has 0 saturated carbocycles. The Kier molecular flexibility index (Phi) is 4.63. The van der Waals surface area contributed by atoms with Crippen LogP contribution in [0.5, 0.6) is 0 Å². The van der Waals surface area contributed by atoms with Gasteiger partial charge in [-0.1, -0.05) is 17.7 Å². The predicted molar refractivity (Wildman–Crippen MR) is 110 cm³/mol. The maximum Gasteiger partial charge on any atom is 0.269 e. The summed E-state index contributed by atoms with van der Waals surface area (Å²) in [5.41, 5.74) is 4.72. The van der Waals surface area contributed by atoms with Crippen molar-refractivity contribution in [1.82, 2.24) is 4.98 Å². The van der Waals surface area contributed by atoms with Gasteiger partial charge in [-0.15, -0.1) is 0 Å². The Morgan fingerprint density at radius 3 is 2.64 bits per heavy atom. The normalized spacial score (nSPS) is 11.4. The van der Waals surface area contributed by atoms with E-state index in [-0.39, 0.29) is 5.69 Å². The van der Waals surface area contributed by atoms with E-state index in [4.69, 9.17) is 16.0 Å². The number of fused-ring (bicyclic) bond motifs is 1. The van der Waals surface area contributed by atoms with Crippen LogP contribution >= 0.6 is 11.6 Å². The lowest BCUT2D eigenvalue weighted by Crippen LogP contribution is -1.88. The lowest BCUT2D eigenvalue weighted by molar-refractivity contribution is -0.384. The van der Waals surface area contributed by atoms with Crippen LogP contribution in [0.15, 0.2) is 70.1 Å². The van der Waals surface area contributed by atoms with Gasteiger partial charge in [0.05, 0.1) is 10.6 Å². The fourth-order valence-corrected chi connectivity index (χ4v) is 2.90. The first-order chi connectivity index (χ1) is 13.5. The summed E-state index contributed by atoms with van der Waals surface area (Å²) in [4.78, 5) is 19.3. The minimum absolute atomic E-state index is 0.0476. The molecule has 0 bridgehead atoms. The van der Waals surface area contributed by atoms with Crippen LogP contribution in [0.25, 0.3) is 22.6 Å². The SMILES string of the molecule is Cc1ccc(-c2nc3cc(Cl)ccc3o2)cc1N=Cc1ccc([N+](=O)[O-])cc1. The van der Waals surface area contributed by atoms with Crippen molar-refractivity contribution >= 4 is 40.3 Å². The van der Waals surface area contributed by atoms with Gasteiger partial charge in [0.1, 0.15) is 5.52 Å². The number of benzene rings is 3. The van der Waals surface area contributed by atoms with Gasteiger partial charge in [0, 0.05) is 28.9 Å². The van der Waals surface area contributed by atoms with Crippen molar-refractivity contribution in [2.45, 2.75) is 6.92 Å². The molecule has 28 heavy (non-hydrogen) atoms. The summed E-state index contributed by atoms with van der Waals surface area (Å²) < 4.78 is 5.82. The fourth-order valence-electron chi connectivity index (χ4n) is 2.73. The van der Waals surface area contributed by atoms with Crippen molar-refractivity contribution in [1.29, 1.82) is 0 Å². The average Bonchev–Trinajstić information content (AvgIpc) is 3.10. The molecule has 0 spiro atoms. The smallest absolute Gasteiger partial charge is 0.269 e. The molecule has 3 aromatic carbocycles. The summed E-state index contributed by atoms with van der Waals surface area (Å²) >= 11 is 6.01. The van der Waals surface area contributed by atoms with Gasteiger partial charge in [-0.3, -0.25) is 15.1 Å². The molecule has 4 rings (SSSR count). The summed E-state index contributed by atoms with van der Waals surface area (Å²) in [5, 5.41) is 11.3. The molecule has 0 fully saturated rings. The topological polar surface area (TPSA) is 81.5 Å². The standard InChI is InChI=1S/C21H14ClN3O3/c1-13-2-5-15(21-24-19-11-16(22)6-9-20(19)28-21)10-18(13)23-12-14-3-7-17(8-4-14)25(26)27/h2-12H,1H3. The number of aliphatic imine (C=N–C) groups is 1. The molecule has 1 aromatic heterocycles. The molecule has 0 unspecified atom stereocenters. The van der Waals surface area contributed by atoms with Gasteiger partial charge in [-0.05, 0) is 60.5 Å². The van der Waals surface area contributed by atoms with E-state index in [1.165, 1.54) is 12.1 Å². The van der Waals surface area contributed by atoms with E-state index >= 15 is 0 Å². The summed E-state index contributed by atoms with van der Waals surface area (Å²) in [7, 11) is 0. The third kappa shape index (κ3) is 3.63. The molecule has 4 aromatic rings. The Balaban J connectivity index is 1.65. The molecule has 0 saturated heterocycles. The zero-order valence-corrected chi connectivity index (χ0v) is 15.6. The van der Waals surface area contributed by atoms with Crippen molar-refractivity contribution in [2.24, 2.45) is 4.99 Å². The zero-order valence-electron chi connectivity index (χ0n) is 14.8. The number of aromatic nitrogens is 1. The summed E-state index contributed by atoms with van der Waals surface area (Å²) in [6.07, 6.45) is 1.67. The minimum Gasteiger partial charge on any atom is -0.436 e. The molecule has 138 valence electrons. The lowest BCUT2D eigenvalue weighted by atomic mass is 10.1. The summed E-state index contributed by atoms with van der Waals surface area (Å²) in [6.45, 7) is 1.96. The molecule has 0 aliphatic carbocycles. The minimum atomic E-state index is -0.429. The van der Waals surface area contributed by atoms with Crippen LogP contribution in [0, 0.1) is 17.0 Å². The van der Waals surface area contributed by atoms with Crippen LogP contribution in [0.4, 0.5) is 11.4 Å². The van der Waals surface area contributed by atoms with Crippen LogP contribution in [-0.2, 0) is 0 Å². The van der Waals surface area contributed by atoms with Crippen molar-refractivity contribution < 1.29 is 9.34 Å². The zero-order chi connectivity index (χ0) is 19.7. The highest BCUT2D eigenvalue weighted by Gasteiger charge is 2.10. The summed E-state index contributed by atoms with van der Waals surface area (Å²) in [6, 6.07) is 17.3. The molecule has 7 heteroatoms. The number of hydrogen-bond donors (Lipinski definition) is 0. The number of hydrogen-bond acceptors (Lipinski definition) is 5. The quantitative estimate of drug-likeness (QED) is 0.238. The number of halogens is 1. The van der Waals surface area contributed by atoms with Crippen LogP contribution in [-0.4, -0.2) is 16.1 Å². The summed E-state index contributed by atoms with van der Waals surface area (Å²) in [5.74, 6) is 0.490. The van der Waals surface area contributed by atoms with Crippen LogP contribution in [0.1, 0.15) is 11.1 Å². The van der Waals surface area contributed by atoms with Gasteiger partial charge in [-0.2, -0.15) is 0 Å². The maximum atomic E-state index is 10.7. The number of nitro benzene ring substituents is 1. The van der Waals surface area contributed by atoms with Crippen molar-refractivity contribution in [3.05, 3.63) is 86.9 Å². The van der Waals surface area contributed by atoms with Crippen LogP contribution in [0.3, 0.4) is 0 Å². The number of non-ortho nitro benzene ring substituents is 1. The van der Waals surface area contributed by atoms with E-state index in [1.807, 2.05) is 25.1 Å². The Morgan fingerprint density at radius 1 is 1.11 bits per heavy atom.